The first-order chi connectivity index (χ1) is 22.7. The second-order valence-corrected chi connectivity index (χ2v) is 11.9. The van der Waals surface area contributed by atoms with Crippen LogP contribution in [0, 0.1) is 5.92 Å². The van der Waals surface area contributed by atoms with E-state index in [1.807, 2.05) is 6.92 Å². The largest absolute Gasteiger partial charge is 0.416 e. The van der Waals surface area contributed by atoms with Gasteiger partial charge < -0.3 is 25.6 Å². The van der Waals surface area contributed by atoms with Gasteiger partial charge in [0.05, 0.1) is 24.6 Å². The Hall–Kier alpha value is -5.06. The van der Waals surface area contributed by atoms with Crippen LogP contribution in [0.4, 0.5) is 42.1 Å². The highest BCUT2D eigenvalue weighted by Gasteiger charge is 2.43. The lowest BCUT2D eigenvalue weighted by atomic mass is 9.98. The van der Waals surface area contributed by atoms with Crippen LogP contribution in [0.3, 0.4) is 0 Å². The third kappa shape index (κ3) is 5.53. The molecule has 248 valence electrons. The van der Waals surface area contributed by atoms with Gasteiger partial charge in [0.1, 0.15) is 18.0 Å². The number of aromatic amines is 1. The number of anilines is 5. The fourth-order valence-electron chi connectivity index (χ4n) is 6.40. The smallest absolute Gasteiger partial charge is 0.396 e. The van der Waals surface area contributed by atoms with Gasteiger partial charge in [0.15, 0.2) is 17.8 Å². The molecule has 1 unspecified atom stereocenters. The topological polar surface area (TPSA) is 152 Å². The third-order valence-corrected chi connectivity index (χ3v) is 8.79. The van der Waals surface area contributed by atoms with E-state index in [1.165, 1.54) is 17.1 Å². The van der Waals surface area contributed by atoms with Crippen LogP contribution in [0.1, 0.15) is 49.0 Å². The molecule has 6 heterocycles. The molecule has 4 N–H and O–H groups in total. The summed E-state index contributed by atoms with van der Waals surface area (Å²) in [5, 5.41) is 24.0. The summed E-state index contributed by atoms with van der Waals surface area (Å²) in [6, 6.07) is 5.09. The van der Waals surface area contributed by atoms with Crippen LogP contribution < -0.4 is 36.7 Å². The summed E-state index contributed by atoms with van der Waals surface area (Å²) < 4.78 is 43.2. The third-order valence-electron chi connectivity index (χ3n) is 8.79. The van der Waals surface area contributed by atoms with E-state index < -0.39 is 17.9 Å². The van der Waals surface area contributed by atoms with Gasteiger partial charge in [0, 0.05) is 38.0 Å². The molecular weight excluding hydrogens is 619 g/mol. The van der Waals surface area contributed by atoms with Crippen molar-refractivity contribution in [2.45, 2.75) is 51.6 Å². The fourth-order valence-corrected chi connectivity index (χ4v) is 6.40. The van der Waals surface area contributed by atoms with Crippen molar-refractivity contribution in [3.8, 4) is 0 Å². The molecule has 0 spiro atoms. The number of aromatic nitrogens is 6. The Bertz CT molecular complexity index is 1900. The molecule has 17 heteroatoms. The van der Waals surface area contributed by atoms with E-state index in [4.69, 9.17) is 4.98 Å². The predicted molar refractivity (Wildman–Crippen MR) is 168 cm³/mol. The number of alkyl halides is 3. The average molecular weight is 654 g/mol. The highest BCUT2D eigenvalue weighted by molar-refractivity contribution is 5.80. The van der Waals surface area contributed by atoms with Crippen molar-refractivity contribution < 1.29 is 18.3 Å². The number of hydrogen-bond acceptors (Lipinski definition) is 11. The lowest BCUT2D eigenvalue weighted by Gasteiger charge is -2.35. The van der Waals surface area contributed by atoms with Gasteiger partial charge in [-0.1, -0.05) is 19.1 Å². The Morgan fingerprint density at radius 1 is 1.11 bits per heavy atom. The van der Waals surface area contributed by atoms with E-state index in [9.17, 15) is 27.9 Å². The Kier molecular flexibility index (Phi) is 7.77. The van der Waals surface area contributed by atoms with Crippen LogP contribution in [0.2, 0.25) is 0 Å². The number of hydrazine groups is 1. The maximum atomic E-state index is 14.2. The second-order valence-electron chi connectivity index (χ2n) is 11.9. The van der Waals surface area contributed by atoms with Gasteiger partial charge in [-0.05, 0) is 42.9 Å². The quantitative estimate of drug-likeness (QED) is 0.222. The predicted octanol–water partition coefficient (Wildman–Crippen LogP) is 2.94. The molecular formula is C30H34F3N11O3. The molecule has 7 rings (SSSR count). The van der Waals surface area contributed by atoms with Gasteiger partial charge >= 0.3 is 6.18 Å². The van der Waals surface area contributed by atoms with Gasteiger partial charge in [-0.15, -0.1) is 0 Å². The van der Waals surface area contributed by atoms with E-state index in [0.29, 0.717) is 54.8 Å². The van der Waals surface area contributed by atoms with Crippen LogP contribution >= 0.6 is 0 Å². The number of H-pyrrole nitrogens is 1. The number of nitrogens with zero attached hydrogens (tertiary/aromatic N) is 8. The number of piperidine rings is 1. The standard InChI is InChI=1S/C30H34F3N11O3/c1-2-8-42-28(47)23-26(39-29(42)40-9-6-18(15-45)7-10-40)44(43-17-36-22-25(43)34-16-35-27(22)46)24(38-23)20-12-37-41(14-20)13-19-4-3-5-21(11-19)30(31,32)33/h3-5,11-12,14,16,18,24,36,38,45H,2,6-10,13,15,17H2,1H3,(H,34,35,46). The first-order valence-electron chi connectivity index (χ1n) is 15.5. The highest BCUT2D eigenvalue weighted by Crippen LogP contribution is 2.43. The van der Waals surface area contributed by atoms with Gasteiger partial charge in [0.25, 0.3) is 11.1 Å². The van der Waals surface area contributed by atoms with E-state index in [-0.39, 0.29) is 48.2 Å². The summed E-state index contributed by atoms with van der Waals surface area (Å²) in [6.07, 6.45) is 1.64. The van der Waals surface area contributed by atoms with Gasteiger partial charge in [-0.25, -0.2) is 15.0 Å². The molecule has 0 radical (unpaired) electrons. The molecule has 4 aromatic rings. The maximum Gasteiger partial charge on any atom is 0.416 e. The summed E-state index contributed by atoms with van der Waals surface area (Å²) in [5.41, 5.74) is 0.219. The van der Waals surface area contributed by atoms with E-state index in [2.05, 4.69) is 30.6 Å². The number of halogens is 3. The minimum Gasteiger partial charge on any atom is -0.396 e. The van der Waals surface area contributed by atoms with Crippen LogP contribution in [0.15, 0.2) is 52.6 Å². The summed E-state index contributed by atoms with van der Waals surface area (Å²) in [6.45, 7) is 4.04. The molecule has 0 bridgehead atoms. The van der Waals surface area contributed by atoms with Gasteiger partial charge in [-0.3, -0.25) is 18.8 Å². The molecule has 1 fully saturated rings. The first kappa shape index (κ1) is 30.6. The Morgan fingerprint density at radius 3 is 2.66 bits per heavy atom. The summed E-state index contributed by atoms with van der Waals surface area (Å²) in [4.78, 5) is 40.9. The zero-order valence-electron chi connectivity index (χ0n) is 25.5. The molecule has 1 saturated heterocycles. The molecule has 1 atom stereocenters. The number of rotatable bonds is 8. The number of aliphatic hydroxyl groups excluding tert-OH is 1. The summed E-state index contributed by atoms with van der Waals surface area (Å²) >= 11 is 0. The number of nitrogens with one attached hydrogen (secondary N) is 3. The summed E-state index contributed by atoms with van der Waals surface area (Å²) in [5.74, 6) is 1.40. The molecule has 47 heavy (non-hydrogen) atoms. The Morgan fingerprint density at radius 2 is 1.91 bits per heavy atom. The van der Waals surface area contributed by atoms with Crippen molar-refractivity contribution >= 4 is 29.0 Å². The fraction of sp³-hybridized carbons (Fsp3) is 0.433. The van der Waals surface area contributed by atoms with Gasteiger partial charge in [0.2, 0.25) is 5.95 Å². The molecule has 0 saturated carbocycles. The van der Waals surface area contributed by atoms with Crippen LogP contribution in [0.25, 0.3) is 0 Å². The SMILES string of the molecule is CCCn1c(N2CCC(CO)CC2)nc2c(c1=O)NC(c1cnn(Cc3cccc(C(F)(F)F)c3)c1)N2N1CNc2c1nc[nH]c2=O. The van der Waals surface area contributed by atoms with E-state index in [1.54, 1.807) is 33.0 Å². The van der Waals surface area contributed by atoms with E-state index in [0.717, 1.165) is 25.0 Å². The average Bonchev–Trinajstić information content (AvgIpc) is 3.80. The lowest BCUT2D eigenvalue weighted by molar-refractivity contribution is -0.137. The molecule has 0 aliphatic carbocycles. The first-order valence-corrected chi connectivity index (χ1v) is 15.5. The lowest BCUT2D eigenvalue weighted by Crippen LogP contribution is -2.45. The van der Waals surface area contributed by atoms with Crippen molar-refractivity contribution in [3.05, 3.63) is 80.4 Å². The minimum atomic E-state index is -4.47. The van der Waals surface area contributed by atoms with Gasteiger partial charge in [-0.2, -0.15) is 23.3 Å². The molecule has 0 amide bonds. The molecule has 3 aliphatic rings. The van der Waals surface area contributed by atoms with Crippen molar-refractivity contribution in [3.63, 3.8) is 0 Å². The second kappa shape index (κ2) is 11.9. The summed E-state index contributed by atoms with van der Waals surface area (Å²) in [7, 11) is 0. The number of hydrogen-bond donors (Lipinski definition) is 4. The minimum absolute atomic E-state index is 0.0874. The zero-order chi connectivity index (χ0) is 32.9. The highest BCUT2D eigenvalue weighted by atomic mass is 19.4. The Labute approximate surface area is 266 Å². The zero-order valence-corrected chi connectivity index (χ0v) is 25.5. The molecule has 1 aromatic carbocycles. The maximum absolute atomic E-state index is 14.2. The van der Waals surface area contributed by atoms with Crippen LogP contribution in [-0.4, -0.2) is 60.8 Å². The molecule has 3 aliphatic heterocycles. The van der Waals surface area contributed by atoms with Crippen molar-refractivity contribution in [2.24, 2.45) is 5.92 Å². The van der Waals surface area contributed by atoms with E-state index >= 15 is 0 Å². The number of aliphatic hydroxyl groups is 1. The number of benzene rings is 1. The molecule has 3 aromatic heterocycles. The van der Waals surface area contributed by atoms with Crippen molar-refractivity contribution in [1.82, 2.24) is 29.3 Å². The van der Waals surface area contributed by atoms with Crippen molar-refractivity contribution in [1.29, 1.82) is 0 Å². The monoisotopic (exact) mass is 653 g/mol. The number of fused-ring (bicyclic) bond motifs is 2. The Balaban J connectivity index is 1.29. The van der Waals surface area contributed by atoms with Crippen LogP contribution in [0.5, 0.6) is 0 Å². The van der Waals surface area contributed by atoms with Crippen LogP contribution in [-0.2, 0) is 19.3 Å². The molecule has 14 nitrogen and oxygen atoms in total. The normalized spacial score (nSPS) is 17.9. The van der Waals surface area contributed by atoms with Crippen molar-refractivity contribution in [2.75, 3.05) is 51.9 Å².